The van der Waals surface area contributed by atoms with Gasteiger partial charge in [0.2, 0.25) is 5.91 Å². The van der Waals surface area contributed by atoms with E-state index in [9.17, 15) is 18.0 Å². The Morgan fingerprint density at radius 1 is 1.30 bits per heavy atom. The zero-order chi connectivity index (χ0) is 14.6. The first kappa shape index (κ1) is 14.8. The van der Waals surface area contributed by atoms with Gasteiger partial charge < -0.3 is 9.64 Å². The van der Waals surface area contributed by atoms with Gasteiger partial charge in [-0.05, 0) is 12.0 Å². The molecule has 0 unspecified atom stereocenters. The Balaban J connectivity index is 1.92. The normalized spacial score (nSPS) is 19.4. The van der Waals surface area contributed by atoms with Crippen LogP contribution in [0.1, 0.15) is 18.4 Å². The van der Waals surface area contributed by atoms with Gasteiger partial charge in [0.15, 0.2) is 0 Å². The molecule has 1 aliphatic heterocycles. The van der Waals surface area contributed by atoms with Crippen LogP contribution in [0.25, 0.3) is 0 Å². The number of hydrogen-bond acceptors (Lipinski definition) is 2. The Morgan fingerprint density at radius 2 is 2.00 bits per heavy atom. The molecule has 1 saturated heterocycles. The summed E-state index contributed by atoms with van der Waals surface area (Å²) in [4.78, 5) is 13.2. The molecule has 1 aromatic carbocycles. The molecule has 0 radical (unpaired) electrons. The van der Waals surface area contributed by atoms with Crippen molar-refractivity contribution in [3.8, 4) is 0 Å². The highest BCUT2D eigenvalue weighted by atomic mass is 19.4. The molecule has 0 N–H and O–H groups in total. The van der Waals surface area contributed by atoms with Crippen LogP contribution in [0.2, 0.25) is 0 Å². The number of carbonyl (C=O) groups is 1. The third kappa shape index (κ3) is 4.23. The van der Waals surface area contributed by atoms with Crippen molar-refractivity contribution >= 4 is 5.91 Å². The summed E-state index contributed by atoms with van der Waals surface area (Å²) < 4.78 is 41.7. The third-order valence-corrected chi connectivity index (χ3v) is 3.24. The molecule has 6 heteroatoms. The smallest absolute Gasteiger partial charge is 0.359 e. The van der Waals surface area contributed by atoms with Crippen molar-refractivity contribution < 1.29 is 22.7 Å². The van der Waals surface area contributed by atoms with Crippen molar-refractivity contribution in [3.05, 3.63) is 35.9 Å². The fraction of sp³-hybridized carbons (Fsp3) is 0.500. The van der Waals surface area contributed by atoms with Crippen LogP contribution in [-0.4, -0.2) is 36.4 Å². The van der Waals surface area contributed by atoms with Gasteiger partial charge in [-0.3, -0.25) is 4.79 Å². The maximum atomic E-state index is 12.1. The average Bonchev–Trinajstić information content (AvgIpc) is 2.84. The zero-order valence-electron chi connectivity index (χ0n) is 10.9. The van der Waals surface area contributed by atoms with Crippen LogP contribution < -0.4 is 0 Å². The molecule has 20 heavy (non-hydrogen) atoms. The van der Waals surface area contributed by atoms with E-state index in [1.54, 1.807) is 0 Å². The SMILES string of the molecule is O=C(CCC(F)(F)F)N1COC[C@H]1Cc1ccccc1. The summed E-state index contributed by atoms with van der Waals surface area (Å²) in [6, 6.07) is 9.34. The van der Waals surface area contributed by atoms with E-state index in [2.05, 4.69) is 0 Å². The van der Waals surface area contributed by atoms with E-state index in [0.717, 1.165) is 5.56 Å². The van der Waals surface area contributed by atoms with Crippen molar-refractivity contribution in [2.45, 2.75) is 31.5 Å². The predicted octanol–water partition coefficient (Wildman–Crippen LogP) is 2.76. The Hall–Kier alpha value is -1.56. The van der Waals surface area contributed by atoms with Crippen molar-refractivity contribution in [2.75, 3.05) is 13.3 Å². The second-order valence-electron chi connectivity index (χ2n) is 4.82. The maximum absolute atomic E-state index is 12.1. The standard InChI is InChI=1S/C14H16F3NO2/c15-14(16,17)7-6-13(19)18-10-20-9-12(18)8-11-4-2-1-3-5-11/h1-5,12H,6-10H2/t12-/m1/s1. The monoisotopic (exact) mass is 287 g/mol. The van der Waals surface area contributed by atoms with Crippen LogP contribution in [0.15, 0.2) is 30.3 Å². The first-order valence-electron chi connectivity index (χ1n) is 6.43. The number of nitrogens with zero attached hydrogens (tertiary/aromatic N) is 1. The number of hydrogen-bond donors (Lipinski definition) is 0. The van der Waals surface area contributed by atoms with E-state index >= 15 is 0 Å². The van der Waals surface area contributed by atoms with E-state index in [1.807, 2.05) is 30.3 Å². The molecule has 1 heterocycles. The number of amides is 1. The lowest BCUT2D eigenvalue weighted by molar-refractivity contribution is -0.150. The Morgan fingerprint density at radius 3 is 2.65 bits per heavy atom. The van der Waals surface area contributed by atoms with Crippen LogP contribution in [0.4, 0.5) is 13.2 Å². The van der Waals surface area contributed by atoms with Gasteiger partial charge >= 0.3 is 6.18 Å². The molecule has 0 aromatic heterocycles. The molecule has 1 atom stereocenters. The topological polar surface area (TPSA) is 29.5 Å². The fourth-order valence-electron chi connectivity index (χ4n) is 2.21. The molecule has 0 aliphatic carbocycles. The Labute approximate surface area is 115 Å². The van der Waals surface area contributed by atoms with Crippen LogP contribution in [0.5, 0.6) is 0 Å². The molecule has 1 aliphatic rings. The summed E-state index contributed by atoms with van der Waals surface area (Å²) >= 11 is 0. The maximum Gasteiger partial charge on any atom is 0.389 e. The molecule has 3 nitrogen and oxygen atoms in total. The third-order valence-electron chi connectivity index (χ3n) is 3.24. The molecule has 110 valence electrons. The number of rotatable bonds is 4. The number of carbonyl (C=O) groups excluding carboxylic acids is 1. The van der Waals surface area contributed by atoms with Gasteiger partial charge in [0.1, 0.15) is 6.73 Å². The lowest BCUT2D eigenvalue weighted by Gasteiger charge is -2.23. The van der Waals surface area contributed by atoms with Gasteiger partial charge in [-0.2, -0.15) is 13.2 Å². The summed E-state index contributed by atoms with van der Waals surface area (Å²) in [5, 5.41) is 0. The number of alkyl halides is 3. The van der Waals surface area contributed by atoms with Crippen LogP contribution in [0, 0.1) is 0 Å². The van der Waals surface area contributed by atoms with Gasteiger partial charge in [-0.1, -0.05) is 30.3 Å². The number of benzene rings is 1. The van der Waals surface area contributed by atoms with E-state index in [1.165, 1.54) is 4.90 Å². The summed E-state index contributed by atoms with van der Waals surface area (Å²) in [6.07, 6.45) is -5.30. The minimum absolute atomic E-state index is 0.0776. The highest BCUT2D eigenvalue weighted by Gasteiger charge is 2.33. The minimum atomic E-state index is -4.30. The van der Waals surface area contributed by atoms with Gasteiger partial charge in [0.25, 0.3) is 0 Å². The quantitative estimate of drug-likeness (QED) is 0.852. The van der Waals surface area contributed by atoms with Crippen molar-refractivity contribution in [2.24, 2.45) is 0 Å². The molecule has 1 amide bonds. The number of ether oxygens (including phenoxy) is 1. The minimum Gasteiger partial charge on any atom is -0.359 e. The van der Waals surface area contributed by atoms with Gasteiger partial charge in [0, 0.05) is 6.42 Å². The number of halogens is 3. The first-order chi connectivity index (χ1) is 9.46. The lowest BCUT2D eigenvalue weighted by Crippen LogP contribution is -2.38. The highest BCUT2D eigenvalue weighted by Crippen LogP contribution is 2.23. The van der Waals surface area contributed by atoms with Gasteiger partial charge in [-0.15, -0.1) is 0 Å². The van der Waals surface area contributed by atoms with E-state index in [-0.39, 0.29) is 12.8 Å². The predicted molar refractivity (Wildman–Crippen MR) is 66.9 cm³/mol. The summed E-state index contributed by atoms with van der Waals surface area (Å²) in [7, 11) is 0. The molecular formula is C14H16F3NO2. The van der Waals surface area contributed by atoms with E-state index in [4.69, 9.17) is 4.74 Å². The Bertz CT molecular complexity index is 447. The highest BCUT2D eigenvalue weighted by molar-refractivity contribution is 5.76. The van der Waals surface area contributed by atoms with Gasteiger partial charge in [-0.25, -0.2) is 0 Å². The largest absolute Gasteiger partial charge is 0.389 e. The first-order valence-corrected chi connectivity index (χ1v) is 6.43. The van der Waals surface area contributed by atoms with Crippen LogP contribution in [-0.2, 0) is 16.0 Å². The summed E-state index contributed by atoms with van der Waals surface area (Å²) in [6.45, 7) is 0.445. The lowest BCUT2D eigenvalue weighted by atomic mass is 10.1. The van der Waals surface area contributed by atoms with Crippen LogP contribution in [0.3, 0.4) is 0 Å². The van der Waals surface area contributed by atoms with Crippen LogP contribution >= 0.6 is 0 Å². The zero-order valence-corrected chi connectivity index (χ0v) is 10.9. The average molecular weight is 287 g/mol. The molecule has 2 rings (SSSR count). The second-order valence-corrected chi connectivity index (χ2v) is 4.82. The summed E-state index contributed by atoms with van der Waals surface area (Å²) in [5.74, 6) is -0.499. The molecule has 0 spiro atoms. The van der Waals surface area contributed by atoms with E-state index in [0.29, 0.717) is 13.0 Å². The molecule has 1 fully saturated rings. The second kappa shape index (κ2) is 6.26. The van der Waals surface area contributed by atoms with Gasteiger partial charge in [0.05, 0.1) is 19.1 Å². The Kier molecular flexibility index (Phi) is 4.65. The molecule has 1 aromatic rings. The van der Waals surface area contributed by atoms with Crippen molar-refractivity contribution in [1.29, 1.82) is 0 Å². The molecule has 0 bridgehead atoms. The summed E-state index contributed by atoms with van der Waals surface area (Å²) in [5.41, 5.74) is 1.04. The molecule has 0 saturated carbocycles. The van der Waals surface area contributed by atoms with Crippen molar-refractivity contribution in [1.82, 2.24) is 4.90 Å². The van der Waals surface area contributed by atoms with E-state index < -0.39 is 24.9 Å². The fourth-order valence-corrected chi connectivity index (χ4v) is 2.21. The molecular weight excluding hydrogens is 271 g/mol. The van der Waals surface area contributed by atoms with Crippen molar-refractivity contribution in [3.63, 3.8) is 0 Å².